The number of allylic oxidation sites excluding steroid dienone is 3. The van der Waals surface area contributed by atoms with Gasteiger partial charge in [0.25, 0.3) is 0 Å². The average Bonchev–Trinajstić information content (AvgIpc) is 3.42. The lowest BCUT2D eigenvalue weighted by Crippen LogP contribution is -2.36. The van der Waals surface area contributed by atoms with E-state index in [2.05, 4.69) is 5.32 Å². The molecule has 0 amide bonds. The summed E-state index contributed by atoms with van der Waals surface area (Å²) < 4.78 is 16.9. The van der Waals surface area contributed by atoms with Crippen LogP contribution in [0.25, 0.3) is 0 Å². The number of benzene rings is 1. The first-order valence-electron chi connectivity index (χ1n) is 12.7. The molecular formula is C29H33NO5S. The van der Waals surface area contributed by atoms with Crippen LogP contribution in [-0.2, 0) is 14.3 Å². The molecule has 0 radical (unpaired) electrons. The predicted molar refractivity (Wildman–Crippen MR) is 139 cm³/mol. The fraction of sp³-hybridized carbons (Fsp3) is 0.448. The van der Waals surface area contributed by atoms with Gasteiger partial charge in [-0.25, -0.2) is 4.79 Å². The van der Waals surface area contributed by atoms with Crippen molar-refractivity contribution in [3.8, 4) is 11.5 Å². The van der Waals surface area contributed by atoms with Crippen molar-refractivity contribution >= 4 is 23.1 Å². The summed E-state index contributed by atoms with van der Waals surface area (Å²) in [6, 6.07) is 9.83. The molecule has 3 aliphatic rings. The van der Waals surface area contributed by atoms with Crippen molar-refractivity contribution in [3.63, 3.8) is 0 Å². The number of carbonyl (C=O) groups excluding carboxylic acids is 2. The second-order valence-electron chi connectivity index (χ2n) is 9.81. The number of rotatable bonds is 6. The highest BCUT2D eigenvalue weighted by Crippen LogP contribution is 2.47. The molecule has 1 fully saturated rings. The quantitative estimate of drug-likeness (QED) is 0.483. The maximum Gasteiger partial charge on any atom is 0.337 e. The third kappa shape index (κ3) is 4.69. The number of dihydropyridines is 1. The highest BCUT2D eigenvalue weighted by molar-refractivity contribution is 7.10. The van der Waals surface area contributed by atoms with E-state index in [-0.39, 0.29) is 23.8 Å². The van der Waals surface area contributed by atoms with Gasteiger partial charge in [0.2, 0.25) is 0 Å². The van der Waals surface area contributed by atoms with Gasteiger partial charge in [-0.1, -0.05) is 18.6 Å². The van der Waals surface area contributed by atoms with Gasteiger partial charge in [-0.2, -0.15) is 0 Å². The maximum absolute atomic E-state index is 13.7. The lowest BCUT2D eigenvalue weighted by molar-refractivity contribution is -0.146. The van der Waals surface area contributed by atoms with E-state index in [1.54, 1.807) is 25.6 Å². The van der Waals surface area contributed by atoms with Crippen LogP contribution in [0.1, 0.15) is 74.1 Å². The van der Waals surface area contributed by atoms with Gasteiger partial charge in [0, 0.05) is 28.3 Å². The molecule has 5 rings (SSSR count). The minimum atomic E-state index is -0.392. The summed E-state index contributed by atoms with van der Waals surface area (Å²) >= 11 is 1.58. The molecule has 2 aromatic rings. The van der Waals surface area contributed by atoms with Crippen LogP contribution >= 0.6 is 11.3 Å². The van der Waals surface area contributed by atoms with Crippen molar-refractivity contribution in [1.29, 1.82) is 0 Å². The number of ketones is 1. The highest BCUT2D eigenvalue weighted by Gasteiger charge is 2.42. The van der Waals surface area contributed by atoms with Gasteiger partial charge in [-0.05, 0) is 74.1 Å². The van der Waals surface area contributed by atoms with E-state index in [1.165, 1.54) is 6.42 Å². The molecule has 2 atom stereocenters. The number of thiophene rings is 1. The van der Waals surface area contributed by atoms with E-state index < -0.39 is 5.92 Å². The Bertz CT molecular complexity index is 1210. The number of nitrogens with one attached hydrogen (secondary N) is 1. The highest BCUT2D eigenvalue weighted by atomic mass is 32.1. The van der Waals surface area contributed by atoms with Crippen molar-refractivity contribution in [1.82, 2.24) is 5.32 Å². The van der Waals surface area contributed by atoms with Gasteiger partial charge in [0.05, 0.1) is 25.7 Å². The summed E-state index contributed by atoms with van der Waals surface area (Å²) in [5.74, 6) is 0.701. The summed E-state index contributed by atoms with van der Waals surface area (Å²) in [5, 5.41) is 5.44. The number of Topliss-reactive ketones (excluding diaryl/α,β-unsaturated/α-hetero) is 1. The molecule has 190 valence electrons. The van der Waals surface area contributed by atoms with Gasteiger partial charge in [0.1, 0.15) is 6.10 Å². The predicted octanol–water partition coefficient (Wildman–Crippen LogP) is 6.00. The molecule has 1 aromatic heterocycles. The zero-order valence-electron chi connectivity index (χ0n) is 21.1. The molecule has 0 saturated heterocycles. The monoisotopic (exact) mass is 507 g/mol. The topological polar surface area (TPSA) is 73.9 Å². The molecule has 1 N–H and O–H groups in total. The summed E-state index contributed by atoms with van der Waals surface area (Å²) in [5.41, 5.74) is 3.98. The molecule has 2 aliphatic carbocycles. The van der Waals surface area contributed by atoms with Crippen molar-refractivity contribution in [2.75, 3.05) is 14.2 Å². The Morgan fingerprint density at radius 1 is 1.03 bits per heavy atom. The molecule has 36 heavy (non-hydrogen) atoms. The standard InChI is InChI=1S/C29H33NO5S/c1-17-26(29(32)35-20-8-5-4-6-9-20)28(25-10-7-13-36-25)27-21(30-17)14-19(15-22(27)31)18-11-12-23(33-2)24(16-18)34-3/h7,10-13,16,19-20,28,30H,4-6,8-9,14-15H2,1-3H3/t19-,28+/m0/s1. The first-order chi connectivity index (χ1) is 17.5. The molecule has 0 spiro atoms. The van der Waals surface area contributed by atoms with Crippen LogP contribution in [0.2, 0.25) is 0 Å². The second-order valence-corrected chi connectivity index (χ2v) is 10.8. The van der Waals surface area contributed by atoms with Crippen LogP contribution in [0, 0.1) is 0 Å². The molecule has 6 nitrogen and oxygen atoms in total. The molecule has 1 saturated carbocycles. The van der Waals surface area contributed by atoms with Crippen molar-refractivity contribution in [3.05, 3.63) is 68.7 Å². The Balaban J connectivity index is 1.47. The maximum atomic E-state index is 13.7. The first kappa shape index (κ1) is 24.6. The Kier molecular flexibility index (Phi) is 7.19. The number of esters is 1. The van der Waals surface area contributed by atoms with Gasteiger partial charge in [0.15, 0.2) is 17.3 Å². The smallest absolute Gasteiger partial charge is 0.337 e. The minimum Gasteiger partial charge on any atom is -0.493 e. The largest absolute Gasteiger partial charge is 0.493 e. The Morgan fingerprint density at radius 3 is 2.50 bits per heavy atom. The molecule has 1 aromatic carbocycles. The minimum absolute atomic E-state index is 0.0103. The SMILES string of the molecule is COc1ccc([C@@H]2CC(=O)C3=C(C2)NC(C)=C(C(=O)OC2CCCCC2)[C@H]3c2cccs2)cc1OC. The Hall–Kier alpha value is -3.06. The molecule has 0 bridgehead atoms. The average molecular weight is 508 g/mol. The Morgan fingerprint density at radius 2 is 1.81 bits per heavy atom. The van der Waals surface area contributed by atoms with E-state index in [9.17, 15) is 9.59 Å². The zero-order chi connectivity index (χ0) is 25.2. The second kappa shape index (κ2) is 10.5. The summed E-state index contributed by atoms with van der Waals surface area (Å²) in [7, 11) is 3.23. The number of ether oxygens (including phenoxy) is 3. The van der Waals surface area contributed by atoms with Crippen LogP contribution in [0.3, 0.4) is 0 Å². The van der Waals surface area contributed by atoms with E-state index >= 15 is 0 Å². The first-order valence-corrected chi connectivity index (χ1v) is 13.6. The number of hydrogen-bond donors (Lipinski definition) is 1. The molecule has 1 aliphatic heterocycles. The van der Waals surface area contributed by atoms with Crippen LogP contribution < -0.4 is 14.8 Å². The lowest BCUT2D eigenvalue weighted by Gasteiger charge is -2.36. The van der Waals surface area contributed by atoms with Crippen LogP contribution in [-0.4, -0.2) is 32.1 Å². The van der Waals surface area contributed by atoms with E-state index in [1.807, 2.05) is 42.6 Å². The van der Waals surface area contributed by atoms with Gasteiger partial charge in [-0.15, -0.1) is 11.3 Å². The number of carbonyl (C=O) groups is 2. The molecular weight excluding hydrogens is 474 g/mol. The third-order valence-corrected chi connectivity index (χ3v) is 8.52. The molecule has 7 heteroatoms. The third-order valence-electron chi connectivity index (χ3n) is 7.58. The number of hydrogen-bond acceptors (Lipinski definition) is 7. The lowest BCUT2D eigenvalue weighted by atomic mass is 9.73. The van der Waals surface area contributed by atoms with Crippen LogP contribution in [0.15, 0.2) is 58.3 Å². The fourth-order valence-corrected chi connectivity index (χ4v) is 6.63. The van der Waals surface area contributed by atoms with Gasteiger partial charge in [-0.3, -0.25) is 4.79 Å². The summed E-state index contributed by atoms with van der Waals surface area (Å²) in [4.78, 5) is 28.2. The molecule has 2 heterocycles. The van der Waals surface area contributed by atoms with Crippen LogP contribution in [0.4, 0.5) is 0 Å². The van der Waals surface area contributed by atoms with Crippen molar-refractivity contribution in [2.45, 2.75) is 69.8 Å². The Labute approximate surface area is 216 Å². The fourth-order valence-electron chi connectivity index (χ4n) is 5.79. The van der Waals surface area contributed by atoms with E-state index in [0.29, 0.717) is 35.5 Å². The zero-order valence-corrected chi connectivity index (χ0v) is 21.9. The van der Waals surface area contributed by atoms with Gasteiger partial charge >= 0.3 is 5.97 Å². The van der Waals surface area contributed by atoms with E-state index in [0.717, 1.165) is 47.5 Å². The number of methoxy groups -OCH3 is 2. The van der Waals surface area contributed by atoms with E-state index in [4.69, 9.17) is 14.2 Å². The molecule has 0 unspecified atom stereocenters. The van der Waals surface area contributed by atoms with Crippen molar-refractivity contribution < 1.29 is 23.8 Å². The van der Waals surface area contributed by atoms with Crippen LogP contribution in [0.5, 0.6) is 11.5 Å². The summed E-state index contributed by atoms with van der Waals surface area (Å²) in [6.07, 6.45) is 6.22. The normalized spacial score (nSPS) is 22.7. The van der Waals surface area contributed by atoms with Crippen molar-refractivity contribution in [2.24, 2.45) is 0 Å². The summed E-state index contributed by atoms with van der Waals surface area (Å²) in [6.45, 7) is 1.92. The van der Waals surface area contributed by atoms with Gasteiger partial charge < -0.3 is 19.5 Å².